The summed E-state index contributed by atoms with van der Waals surface area (Å²) in [5, 5.41) is 10.4. The number of sulfonamides is 1. The first-order valence-electron chi connectivity index (χ1n) is 9.25. The van der Waals surface area contributed by atoms with Gasteiger partial charge in [0.25, 0.3) is 10.0 Å². The van der Waals surface area contributed by atoms with Crippen LogP contribution < -0.4 is 0 Å². The number of alkyl halides is 6. The summed E-state index contributed by atoms with van der Waals surface area (Å²) in [5.74, 6) is -3.93. The monoisotopic (exact) mass is 511 g/mol. The fourth-order valence-electron chi connectivity index (χ4n) is 4.16. The van der Waals surface area contributed by atoms with Crippen molar-refractivity contribution in [2.75, 3.05) is 20.1 Å². The Morgan fingerprint density at radius 1 is 1.28 bits per heavy atom. The number of amides is 1. The number of halogens is 6. The van der Waals surface area contributed by atoms with E-state index in [0.717, 1.165) is 18.1 Å². The molecular formula is C16H19F6N3O5S2. The van der Waals surface area contributed by atoms with Crippen LogP contribution in [0.5, 0.6) is 0 Å². The molecule has 0 aliphatic carbocycles. The lowest BCUT2D eigenvalue weighted by Gasteiger charge is -2.38. The van der Waals surface area contributed by atoms with Gasteiger partial charge >= 0.3 is 18.4 Å². The largest absolute Gasteiger partial charge is 0.465 e. The van der Waals surface area contributed by atoms with Crippen LogP contribution >= 0.6 is 11.3 Å². The third-order valence-electron chi connectivity index (χ3n) is 5.80. The number of aromatic nitrogens is 1. The molecule has 182 valence electrons. The Balaban J connectivity index is 2.00. The Bertz CT molecular complexity index is 915. The molecule has 2 atom stereocenters. The maximum absolute atomic E-state index is 13.5. The van der Waals surface area contributed by atoms with E-state index in [9.17, 15) is 39.6 Å². The first-order valence-corrected chi connectivity index (χ1v) is 11.6. The standard InChI is InChI=1S/C16H19F6N3O5S2/c1-24(32(28,29)12-23-4-7-31-12)9-8-14(2-5-25(6-3-14)13(26)27)30-10(9)11(15(17,18)19)16(20,21)22/h4,7,9-11H,2-3,5-6,8H2,1H3,(H,26,27). The number of hydrogen-bond acceptors (Lipinski definition) is 6. The van der Waals surface area contributed by atoms with Crippen molar-refractivity contribution < 1.29 is 49.4 Å². The molecule has 0 saturated carbocycles. The minimum Gasteiger partial charge on any atom is -0.465 e. The van der Waals surface area contributed by atoms with Crippen molar-refractivity contribution in [3.05, 3.63) is 11.6 Å². The maximum Gasteiger partial charge on any atom is 0.407 e. The summed E-state index contributed by atoms with van der Waals surface area (Å²) in [5.41, 5.74) is -1.53. The number of carbonyl (C=O) groups is 1. The van der Waals surface area contributed by atoms with Crippen LogP contribution in [0, 0.1) is 5.92 Å². The smallest absolute Gasteiger partial charge is 0.407 e. The minimum absolute atomic E-state index is 0.166. The third-order valence-corrected chi connectivity index (χ3v) is 8.86. The van der Waals surface area contributed by atoms with Crippen molar-refractivity contribution in [2.45, 2.75) is 53.7 Å². The molecule has 0 aromatic carbocycles. The number of ether oxygens (including phenoxy) is 1. The second kappa shape index (κ2) is 8.29. The van der Waals surface area contributed by atoms with Gasteiger partial charge in [0.2, 0.25) is 4.34 Å². The lowest BCUT2D eigenvalue weighted by atomic mass is 9.85. The van der Waals surface area contributed by atoms with Crippen molar-refractivity contribution in [3.63, 3.8) is 0 Å². The molecule has 16 heteroatoms. The van der Waals surface area contributed by atoms with Gasteiger partial charge in [-0.3, -0.25) is 0 Å². The molecule has 1 amide bonds. The third kappa shape index (κ3) is 4.68. The summed E-state index contributed by atoms with van der Waals surface area (Å²) >= 11 is 0.670. The number of nitrogens with zero attached hydrogens (tertiary/aromatic N) is 3. The average molecular weight is 511 g/mol. The lowest BCUT2D eigenvalue weighted by molar-refractivity contribution is -0.315. The molecule has 1 aromatic rings. The molecule has 2 fully saturated rings. The maximum atomic E-state index is 13.5. The fourth-order valence-corrected chi connectivity index (χ4v) is 6.52. The first kappa shape index (κ1) is 25.0. The Morgan fingerprint density at radius 2 is 1.84 bits per heavy atom. The zero-order chi connectivity index (χ0) is 24.1. The van der Waals surface area contributed by atoms with Crippen LogP contribution in [0.15, 0.2) is 15.9 Å². The number of carboxylic acid groups (broad SMARTS) is 1. The molecule has 2 aliphatic rings. The first-order chi connectivity index (χ1) is 14.6. The fraction of sp³-hybridized carbons (Fsp3) is 0.750. The van der Waals surface area contributed by atoms with Gasteiger partial charge in [-0.2, -0.15) is 30.6 Å². The van der Waals surface area contributed by atoms with Crippen LogP contribution in [0.2, 0.25) is 0 Å². The van der Waals surface area contributed by atoms with Crippen molar-refractivity contribution in [1.82, 2.24) is 14.2 Å². The predicted molar refractivity (Wildman–Crippen MR) is 97.5 cm³/mol. The van der Waals surface area contributed by atoms with Gasteiger partial charge in [0.1, 0.15) is 0 Å². The van der Waals surface area contributed by atoms with E-state index in [4.69, 9.17) is 9.84 Å². The SMILES string of the molecule is CN(C1CC2(CCN(C(=O)O)CC2)OC1C(C(F)(F)F)C(F)(F)F)S(=O)(=O)c1nccs1. The van der Waals surface area contributed by atoms with E-state index in [1.54, 1.807) is 0 Å². The normalized spacial score (nSPS) is 24.6. The molecule has 32 heavy (non-hydrogen) atoms. The molecule has 1 N–H and O–H groups in total. The lowest BCUT2D eigenvalue weighted by Crippen LogP contribution is -2.53. The minimum atomic E-state index is -5.75. The zero-order valence-corrected chi connectivity index (χ0v) is 18.1. The Labute approximate surface area is 182 Å². The van der Waals surface area contributed by atoms with E-state index in [1.165, 1.54) is 5.38 Å². The predicted octanol–water partition coefficient (Wildman–Crippen LogP) is 3.17. The summed E-state index contributed by atoms with van der Waals surface area (Å²) in [6.45, 7) is -0.332. The zero-order valence-electron chi connectivity index (χ0n) is 16.4. The van der Waals surface area contributed by atoms with Crippen LogP contribution in [-0.2, 0) is 14.8 Å². The second-order valence-electron chi connectivity index (χ2n) is 7.69. The van der Waals surface area contributed by atoms with Crippen LogP contribution in [0.25, 0.3) is 0 Å². The van der Waals surface area contributed by atoms with Crippen molar-refractivity contribution in [3.8, 4) is 0 Å². The van der Waals surface area contributed by atoms with Gasteiger partial charge < -0.3 is 14.7 Å². The Hall–Kier alpha value is -1.65. The molecule has 2 saturated heterocycles. The van der Waals surface area contributed by atoms with Gasteiger partial charge in [-0.05, 0) is 19.3 Å². The van der Waals surface area contributed by atoms with Gasteiger partial charge in [0.15, 0.2) is 5.92 Å². The number of thiazole rings is 1. The van der Waals surface area contributed by atoms with E-state index in [0.29, 0.717) is 15.6 Å². The molecule has 1 spiro atoms. The Kier molecular flexibility index (Phi) is 6.47. The average Bonchev–Trinajstić information content (AvgIpc) is 3.28. The Morgan fingerprint density at radius 3 is 2.28 bits per heavy atom. The van der Waals surface area contributed by atoms with E-state index < -0.39 is 62.9 Å². The number of hydrogen-bond donors (Lipinski definition) is 1. The van der Waals surface area contributed by atoms with E-state index >= 15 is 0 Å². The van der Waals surface area contributed by atoms with Crippen molar-refractivity contribution in [1.29, 1.82) is 0 Å². The summed E-state index contributed by atoms with van der Waals surface area (Å²) in [6, 6.07) is -1.80. The van der Waals surface area contributed by atoms with Gasteiger partial charge in [-0.1, -0.05) is 0 Å². The van der Waals surface area contributed by atoms with Crippen LogP contribution in [0.4, 0.5) is 31.1 Å². The highest BCUT2D eigenvalue weighted by atomic mass is 32.2. The summed E-state index contributed by atoms with van der Waals surface area (Å²) in [6.07, 6.45) is -15.0. The molecule has 0 bridgehead atoms. The van der Waals surface area contributed by atoms with Crippen LogP contribution in [0.3, 0.4) is 0 Å². The number of likely N-dealkylation sites (N-methyl/N-ethyl adjacent to an activating group) is 1. The molecule has 0 radical (unpaired) electrons. The summed E-state index contributed by atoms with van der Waals surface area (Å²) in [7, 11) is -3.60. The van der Waals surface area contributed by atoms with Gasteiger partial charge in [-0.25, -0.2) is 18.2 Å². The highest BCUT2D eigenvalue weighted by molar-refractivity contribution is 7.91. The topological polar surface area (TPSA) is 100 Å². The van der Waals surface area contributed by atoms with Gasteiger partial charge in [0, 0.05) is 31.7 Å². The second-order valence-corrected chi connectivity index (χ2v) is 10.8. The summed E-state index contributed by atoms with van der Waals surface area (Å²) < 4.78 is 112. The highest BCUT2D eigenvalue weighted by Gasteiger charge is 2.67. The van der Waals surface area contributed by atoms with Crippen LogP contribution in [-0.4, -0.2) is 84.0 Å². The van der Waals surface area contributed by atoms with Gasteiger partial charge in [-0.15, -0.1) is 11.3 Å². The van der Waals surface area contributed by atoms with E-state index in [2.05, 4.69) is 4.98 Å². The summed E-state index contributed by atoms with van der Waals surface area (Å²) in [4.78, 5) is 15.7. The molecule has 3 rings (SSSR count). The number of piperidine rings is 1. The molecule has 8 nitrogen and oxygen atoms in total. The molecule has 3 heterocycles. The van der Waals surface area contributed by atoms with Crippen LogP contribution in [0.1, 0.15) is 19.3 Å². The molecule has 2 unspecified atom stereocenters. The molecule has 1 aromatic heterocycles. The van der Waals surface area contributed by atoms with Crippen molar-refractivity contribution in [2.24, 2.45) is 5.92 Å². The molecule has 2 aliphatic heterocycles. The van der Waals surface area contributed by atoms with E-state index in [-0.39, 0.29) is 25.9 Å². The quantitative estimate of drug-likeness (QED) is 0.624. The van der Waals surface area contributed by atoms with E-state index in [1.807, 2.05) is 0 Å². The van der Waals surface area contributed by atoms with Gasteiger partial charge in [0.05, 0.1) is 17.7 Å². The number of likely N-dealkylation sites (tertiary alicyclic amines) is 1. The molecular weight excluding hydrogens is 492 g/mol. The number of rotatable bonds is 4. The highest BCUT2D eigenvalue weighted by Crippen LogP contribution is 2.51. The van der Waals surface area contributed by atoms with Crippen molar-refractivity contribution >= 4 is 27.5 Å².